The van der Waals surface area contributed by atoms with Crippen molar-refractivity contribution in [3.8, 4) is 0 Å². The Balaban J connectivity index is 1.39. The Bertz CT molecular complexity index is 1450. The molecule has 17 atom stereocenters. The zero-order valence-electron chi connectivity index (χ0n) is 36.0. The van der Waals surface area contributed by atoms with E-state index in [0.29, 0.717) is 12.3 Å². The first-order valence-corrected chi connectivity index (χ1v) is 20.7. The van der Waals surface area contributed by atoms with Gasteiger partial charge in [0.1, 0.15) is 42.7 Å². The molecule has 0 amide bonds. The average Bonchev–Trinajstić information content (AvgIpc) is 3.50. The Kier molecular flexibility index (Phi) is 16.3. The molecule has 0 spiro atoms. The quantitative estimate of drug-likeness (QED) is 0.215. The van der Waals surface area contributed by atoms with Crippen molar-refractivity contribution in [3.05, 3.63) is 36.5 Å². The van der Waals surface area contributed by atoms with Crippen LogP contribution < -0.4 is 0 Å². The zero-order valence-corrected chi connectivity index (χ0v) is 36.0. The van der Waals surface area contributed by atoms with Crippen LogP contribution >= 0.6 is 0 Å². The number of fused-ring (bicyclic) bond motifs is 4. The van der Waals surface area contributed by atoms with E-state index in [2.05, 4.69) is 19.9 Å². The largest absolute Gasteiger partial charge is 0.457 e. The number of Topliss-reactive ketones (excluding diaryl/α,β-unsaturated/α-hetero) is 1. The lowest BCUT2D eigenvalue weighted by molar-refractivity contribution is -0.358. The molecule has 5 fully saturated rings. The van der Waals surface area contributed by atoms with Gasteiger partial charge in [-0.25, -0.2) is 0 Å². The van der Waals surface area contributed by atoms with Gasteiger partial charge in [-0.1, -0.05) is 71.9 Å². The van der Waals surface area contributed by atoms with Gasteiger partial charge in [0.05, 0.1) is 43.5 Å². The highest BCUT2D eigenvalue weighted by molar-refractivity contribution is 5.86. The molecule has 15 nitrogen and oxygen atoms in total. The number of cyclic esters (lactones) is 1. The molecular weight excluding hydrogens is 756 g/mol. The third-order valence-electron chi connectivity index (χ3n) is 12.6. The van der Waals surface area contributed by atoms with Gasteiger partial charge in [0.25, 0.3) is 0 Å². The van der Waals surface area contributed by atoms with Gasteiger partial charge in [0.15, 0.2) is 18.4 Å². The fourth-order valence-electron chi connectivity index (χ4n) is 8.67. The lowest BCUT2D eigenvalue weighted by atomic mass is 9.77. The summed E-state index contributed by atoms with van der Waals surface area (Å²) in [6.07, 6.45) is 1.19. The molecule has 0 saturated carbocycles. The van der Waals surface area contributed by atoms with E-state index < -0.39 is 115 Å². The lowest BCUT2D eigenvalue weighted by Gasteiger charge is -2.48. The van der Waals surface area contributed by atoms with Crippen molar-refractivity contribution >= 4 is 11.8 Å². The predicted molar refractivity (Wildman–Crippen MR) is 209 cm³/mol. The normalized spacial score (nSPS) is 44.1. The van der Waals surface area contributed by atoms with Gasteiger partial charge < -0.3 is 62.3 Å². The van der Waals surface area contributed by atoms with Crippen LogP contribution in [-0.2, 0) is 61.7 Å². The Morgan fingerprint density at radius 1 is 0.793 bits per heavy atom. The molecule has 0 aromatic carbocycles. The van der Waals surface area contributed by atoms with Crippen molar-refractivity contribution < 1.29 is 71.9 Å². The van der Waals surface area contributed by atoms with Gasteiger partial charge in [0.2, 0.25) is 5.79 Å². The summed E-state index contributed by atoms with van der Waals surface area (Å²) >= 11 is 0. The molecule has 0 aromatic rings. The number of hydrogen-bond donors (Lipinski definition) is 2. The number of ketones is 1. The van der Waals surface area contributed by atoms with Crippen molar-refractivity contribution in [3.63, 3.8) is 0 Å². The summed E-state index contributed by atoms with van der Waals surface area (Å²) in [5.74, 6) is -3.54. The first-order chi connectivity index (χ1) is 27.5. The second kappa shape index (κ2) is 20.2. The Morgan fingerprint density at radius 2 is 1.47 bits per heavy atom. The second-order valence-corrected chi connectivity index (χ2v) is 17.3. The Hall–Kier alpha value is -2.12. The van der Waals surface area contributed by atoms with Crippen LogP contribution in [0.3, 0.4) is 0 Å². The van der Waals surface area contributed by atoms with Crippen molar-refractivity contribution in [2.24, 2.45) is 23.2 Å². The SMILES string of the molecule is COC1C(OC)[C@H](O)C(C)O[C@H]1OC1C(OC)[C@H](O[C@H]2C[C@H]3CC(=O)[C@]4(O)O[C@H](C[C@H]4C)C(C)(C)[C@@H](/C=C/C=C/C=C/C(C)C)OC(=O)C[C@H](O3)[C@@H]2C)OC[C@H]1OC. The molecule has 0 aromatic heterocycles. The molecular formula is C43H68O15. The topological polar surface area (TPSA) is 176 Å². The van der Waals surface area contributed by atoms with Gasteiger partial charge in [-0.05, 0) is 25.3 Å². The molecule has 5 heterocycles. The van der Waals surface area contributed by atoms with Crippen molar-refractivity contribution in [1.29, 1.82) is 0 Å². The minimum absolute atomic E-state index is 0.0779. The lowest BCUT2D eigenvalue weighted by Crippen LogP contribution is -2.63. The highest BCUT2D eigenvalue weighted by Gasteiger charge is 2.57. The van der Waals surface area contributed by atoms with E-state index in [0.717, 1.165) is 0 Å². The number of aliphatic hydroxyl groups is 2. The van der Waals surface area contributed by atoms with E-state index in [1.165, 1.54) is 28.4 Å². The maximum absolute atomic E-state index is 14.1. The number of carbonyl (C=O) groups excluding carboxylic acids is 2. The Labute approximate surface area is 343 Å². The van der Waals surface area contributed by atoms with Gasteiger partial charge in [0, 0.05) is 58.5 Å². The van der Waals surface area contributed by atoms with E-state index in [1.54, 1.807) is 13.8 Å². The van der Waals surface area contributed by atoms with Crippen LogP contribution in [0.15, 0.2) is 36.5 Å². The second-order valence-electron chi connectivity index (χ2n) is 17.3. The predicted octanol–water partition coefficient (Wildman–Crippen LogP) is 3.81. The number of aliphatic hydroxyl groups excluding tert-OH is 1. The van der Waals surface area contributed by atoms with E-state index in [9.17, 15) is 19.8 Å². The van der Waals surface area contributed by atoms with Gasteiger partial charge in [-0.2, -0.15) is 0 Å². The maximum Gasteiger partial charge on any atom is 0.309 e. The average molecular weight is 825 g/mol. The number of esters is 1. The van der Waals surface area contributed by atoms with Crippen LogP contribution in [-0.4, -0.2) is 149 Å². The summed E-state index contributed by atoms with van der Waals surface area (Å²) in [7, 11) is 6.02. The molecule has 15 heteroatoms. The van der Waals surface area contributed by atoms with E-state index in [4.69, 9.17) is 52.1 Å². The summed E-state index contributed by atoms with van der Waals surface area (Å²) in [6, 6.07) is 0. The van der Waals surface area contributed by atoms with Crippen LogP contribution in [0.4, 0.5) is 0 Å². The van der Waals surface area contributed by atoms with E-state index in [-0.39, 0.29) is 31.8 Å². The van der Waals surface area contributed by atoms with Crippen LogP contribution in [0.25, 0.3) is 0 Å². The molecule has 0 aliphatic carbocycles. The van der Waals surface area contributed by atoms with Crippen LogP contribution in [0.2, 0.25) is 0 Å². The summed E-state index contributed by atoms with van der Waals surface area (Å²) < 4.78 is 67.6. The molecule has 5 rings (SSSR count). The summed E-state index contributed by atoms with van der Waals surface area (Å²) in [4.78, 5) is 27.9. The molecule has 2 N–H and O–H groups in total. The summed E-state index contributed by atoms with van der Waals surface area (Å²) in [5, 5.41) is 22.6. The number of allylic oxidation sites excluding steroid dienone is 5. The molecule has 5 saturated heterocycles. The highest BCUT2D eigenvalue weighted by Crippen LogP contribution is 2.46. The molecule has 58 heavy (non-hydrogen) atoms. The minimum atomic E-state index is -2.06. The van der Waals surface area contributed by atoms with E-state index in [1.807, 2.05) is 51.2 Å². The van der Waals surface area contributed by atoms with Crippen molar-refractivity contribution in [2.75, 3.05) is 35.0 Å². The van der Waals surface area contributed by atoms with E-state index >= 15 is 0 Å². The number of ether oxygens (including phenoxy) is 11. The van der Waals surface area contributed by atoms with Crippen LogP contribution in [0.5, 0.6) is 0 Å². The number of carbonyl (C=O) groups is 2. The van der Waals surface area contributed by atoms with Crippen molar-refractivity contribution in [2.45, 2.75) is 166 Å². The molecule has 4 bridgehead atoms. The van der Waals surface area contributed by atoms with Gasteiger partial charge in [-0.3, -0.25) is 9.59 Å². The standard InChI is InChI=1S/C43H68O15/c1-23(2)16-14-12-13-15-17-32-42(6,7)33-18-24(3)43(47,58-33)31(44)20-27-19-28(25(4)29(54-27)21-34(45)56-32)55-40-38(50-10)36(30(48-8)22-52-40)57-41-39(51-11)37(49-9)35(46)26(5)53-41/h12-17,23-30,32-33,35-41,46-47H,18-22H2,1-11H3/b13-12+,16-14+,17-15+/t24-,25-,26?,27+,28+,29+,30-,32-,33-,35-,36?,37?,38?,39?,40+,41+,43-/m1/s1. The van der Waals surface area contributed by atoms with Crippen LogP contribution in [0, 0.1) is 23.2 Å². The van der Waals surface area contributed by atoms with Crippen molar-refractivity contribution in [1.82, 2.24) is 0 Å². The maximum atomic E-state index is 14.1. The zero-order chi connectivity index (χ0) is 42.5. The fraction of sp³-hybridized carbons (Fsp3) is 0.814. The molecule has 5 aliphatic rings. The molecule has 5 aliphatic heterocycles. The first kappa shape index (κ1) is 46.9. The fourth-order valence-corrected chi connectivity index (χ4v) is 8.67. The highest BCUT2D eigenvalue weighted by atomic mass is 16.8. The molecule has 0 radical (unpaired) electrons. The summed E-state index contributed by atoms with van der Waals surface area (Å²) in [6.45, 7) is 13.5. The summed E-state index contributed by atoms with van der Waals surface area (Å²) in [5.41, 5.74) is -0.811. The number of methoxy groups -OCH3 is 4. The smallest absolute Gasteiger partial charge is 0.309 e. The monoisotopic (exact) mass is 824 g/mol. The first-order valence-electron chi connectivity index (χ1n) is 20.7. The Morgan fingerprint density at radius 3 is 2.12 bits per heavy atom. The third-order valence-corrected chi connectivity index (χ3v) is 12.6. The molecule has 5 unspecified atom stereocenters. The molecule has 330 valence electrons. The number of hydrogen-bond acceptors (Lipinski definition) is 15. The number of rotatable bonds is 12. The minimum Gasteiger partial charge on any atom is -0.457 e. The van der Waals surface area contributed by atoms with Crippen LogP contribution in [0.1, 0.15) is 74.1 Å². The third kappa shape index (κ3) is 10.3. The van der Waals surface area contributed by atoms with Gasteiger partial charge >= 0.3 is 5.97 Å². The van der Waals surface area contributed by atoms with Gasteiger partial charge in [-0.15, -0.1) is 0 Å².